The lowest BCUT2D eigenvalue weighted by Gasteiger charge is -2.32. The van der Waals surface area contributed by atoms with Gasteiger partial charge in [0.25, 0.3) is 5.91 Å². The van der Waals surface area contributed by atoms with Gasteiger partial charge in [-0.2, -0.15) is 0 Å². The fraction of sp³-hybridized carbons (Fsp3) is 0.640. The first-order valence-electron chi connectivity index (χ1n) is 11.9. The van der Waals surface area contributed by atoms with Gasteiger partial charge in [0.15, 0.2) is 6.61 Å². The Morgan fingerprint density at radius 1 is 1.00 bits per heavy atom. The Hall–Kier alpha value is -2.37. The molecule has 4 unspecified atom stereocenters. The van der Waals surface area contributed by atoms with Crippen molar-refractivity contribution in [3.63, 3.8) is 0 Å². The summed E-state index contributed by atoms with van der Waals surface area (Å²) in [6.45, 7) is 2.56. The summed E-state index contributed by atoms with van der Waals surface area (Å²) in [6.07, 6.45) is 8.48. The van der Waals surface area contributed by atoms with E-state index in [1.807, 2.05) is 23.1 Å². The molecule has 1 aromatic rings. The quantitative estimate of drug-likeness (QED) is 0.730. The monoisotopic (exact) mass is 426 g/mol. The van der Waals surface area contributed by atoms with Crippen molar-refractivity contribution in [3.05, 3.63) is 29.8 Å². The van der Waals surface area contributed by atoms with Gasteiger partial charge in [-0.25, -0.2) is 0 Å². The van der Waals surface area contributed by atoms with Crippen LogP contribution in [0.15, 0.2) is 24.3 Å². The molecule has 1 aromatic carbocycles. The van der Waals surface area contributed by atoms with Crippen molar-refractivity contribution in [1.29, 1.82) is 0 Å². The molecular formula is C25H34N2O4. The van der Waals surface area contributed by atoms with Crippen molar-refractivity contribution in [2.45, 2.75) is 70.8 Å². The van der Waals surface area contributed by atoms with Gasteiger partial charge in [0.2, 0.25) is 5.91 Å². The number of amides is 2. The van der Waals surface area contributed by atoms with E-state index in [1.54, 1.807) is 0 Å². The van der Waals surface area contributed by atoms with Crippen molar-refractivity contribution in [3.8, 4) is 0 Å². The average molecular weight is 427 g/mol. The van der Waals surface area contributed by atoms with Crippen LogP contribution < -0.4 is 10.2 Å². The second-order valence-electron chi connectivity index (χ2n) is 9.41. The van der Waals surface area contributed by atoms with Crippen LogP contribution in [0.25, 0.3) is 0 Å². The molecule has 0 radical (unpaired) electrons. The molecule has 2 saturated carbocycles. The van der Waals surface area contributed by atoms with E-state index in [0.29, 0.717) is 25.3 Å². The molecule has 1 aliphatic heterocycles. The second-order valence-corrected chi connectivity index (χ2v) is 9.41. The van der Waals surface area contributed by atoms with E-state index in [0.717, 1.165) is 44.2 Å². The zero-order valence-corrected chi connectivity index (χ0v) is 18.5. The summed E-state index contributed by atoms with van der Waals surface area (Å²) in [4.78, 5) is 40.4. The normalized spacial score (nSPS) is 28.0. The summed E-state index contributed by atoms with van der Waals surface area (Å²) in [5.74, 6) is -0.995. The largest absolute Gasteiger partial charge is 0.455 e. The van der Waals surface area contributed by atoms with Crippen LogP contribution in [-0.2, 0) is 25.5 Å². The molecule has 6 heteroatoms. The van der Waals surface area contributed by atoms with Crippen LogP contribution in [0.5, 0.6) is 0 Å². The highest BCUT2D eigenvalue weighted by molar-refractivity contribution is 5.99. The van der Waals surface area contributed by atoms with E-state index in [9.17, 15) is 14.4 Å². The Morgan fingerprint density at radius 2 is 1.71 bits per heavy atom. The van der Waals surface area contributed by atoms with Crippen LogP contribution in [-0.4, -0.2) is 37.0 Å². The van der Waals surface area contributed by atoms with Gasteiger partial charge in [-0.3, -0.25) is 14.4 Å². The van der Waals surface area contributed by atoms with Gasteiger partial charge in [0, 0.05) is 18.3 Å². The summed E-state index contributed by atoms with van der Waals surface area (Å²) in [6, 6.07) is 8.14. The Labute approximate surface area is 184 Å². The van der Waals surface area contributed by atoms with Crippen LogP contribution in [0.2, 0.25) is 0 Å². The molecule has 2 amide bonds. The van der Waals surface area contributed by atoms with E-state index >= 15 is 0 Å². The highest BCUT2D eigenvalue weighted by Gasteiger charge is 2.40. The summed E-state index contributed by atoms with van der Waals surface area (Å²) >= 11 is 0. The number of nitrogens with one attached hydrogen (secondary N) is 1. The van der Waals surface area contributed by atoms with Crippen LogP contribution in [0, 0.1) is 17.8 Å². The number of para-hydroxylation sites is 1. The highest BCUT2D eigenvalue weighted by Crippen LogP contribution is 2.36. The second kappa shape index (κ2) is 9.84. The van der Waals surface area contributed by atoms with E-state index in [-0.39, 0.29) is 30.4 Å². The standard InChI is InChI=1S/C25H34N2O4/c1-17-8-2-6-12-21(17)26-23(28)16-31-25(30)20-11-5-4-10-19(20)24(29)27-15-14-18-9-3-7-13-22(18)27/h3,7,9,13,17,19-21H,2,4-6,8,10-12,14-16H2,1H3,(H,26,28). The van der Waals surface area contributed by atoms with Gasteiger partial charge in [0.05, 0.1) is 11.8 Å². The molecule has 2 aliphatic carbocycles. The van der Waals surface area contributed by atoms with E-state index in [4.69, 9.17) is 4.74 Å². The number of hydrogen-bond acceptors (Lipinski definition) is 4. The number of carbonyl (C=O) groups is 3. The Bertz CT molecular complexity index is 823. The minimum Gasteiger partial charge on any atom is -0.455 e. The number of esters is 1. The molecule has 168 valence electrons. The first-order valence-corrected chi connectivity index (χ1v) is 11.9. The van der Waals surface area contributed by atoms with Crippen molar-refractivity contribution in [2.75, 3.05) is 18.1 Å². The van der Waals surface area contributed by atoms with Gasteiger partial charge in [-0.05, 0) is 49.7 Å². The van der Waals surface area contributed by atoms with Crippen LogP contribution in [0.3, 0.4) is 0 Å². The summed E-state index contributed by atoms with van der Waals surface area (Å²) in [7, 11) is 0. The summed E-state index contributed by atoms with van der Waals surface area (Å²) in [5.41, 5.74) is 2.14. The minimum absolute atomic E-state index is 0.0204. The molecular weight excluding hydrogens is 392 g/mol. The smallest absolute Gasteiger partial charge is 0.310 e. The number of rotatable bonds is 5. The lowest BCUT2D eigenvalue weighted by Crippen LogP contribution is -2.44. The number of hydrogen-bond donors (Lipinski definition) is 1. The molecule has 4 atom stereocenters. The van der Waals surface area contributed by atoms with Crippen molar-refractivity contribution in [1.82, 2.24) is 5.32 Å². The molecule has 1 heterocycles. The van der Waals surface area contributed by atoms with Gasteiger partial charge in [-0.1, -0.05) is 50.8 Å². The van der Waals surface area contributed by atoms with Gasteiger partial charge >= 0.3 is 5.97 Å². The number of nitrogens with zero attached hydrogens (tertiary/aromatic N) is 1. The number of anilines is 1. The first-order chi connectivity index (χ1) is 15.0. The zero-order valence-electron chi connectivity index (χ0n) is 18.5. The molecule has 0 saturated heterocycles. The van der Waals surface area contributed by atoms with Gasteiger partial charge in [0.1, 0.15) is 0 Å². The third-order valence-corrected chi connectivity index (χ3v) is 7.34. The van der Waals surface area contributed by atoms with Gasteiger partial charge in [-0.15, -0.1) is 0 Å². The maximum Gasteiger partial charge on any atom is 0.310 e. The maximum atomic E-state index is 13.4. The predicted molar refractivity (Wildman–Crippen MR) is 118 cm³/mol. The maximum absolute atomic E-state index is 13.4. The molecule has 0 aromatic heterocycles. The van der Waals surface area contributed by atoms with Crippen molar-refractivity contribution in [2.24, 2.45) is 17.8 Å². The molecule has 4 rings (SSSR count). The first kappa shape index (κ1) is 21.8. The third-order valence-electron chi connectivity index (χ3n) is 7.34. The van der Waals surface area contributed by atoms with Crippen LogP contribution in [0.1, 0.15) is 63.9 Å². The number of carbonyl (C=O) groups excluding carboxylic acids is 3. The summed E-state index contributed by atoms with van der Waals surface area (Å²) < 4.78 is 5.41. The molecule has 0 bridgehead atoms. The lowest BCUT2D eigenvalue weighted by molar-refractivity contribution is -0.157. The highest BCUT2D eigenvalue weighted by atomic mass is 16.5. The van der Waals surface area contributed by atoms with Gasteiger partial charge < -0.3 is 15.0 Å². The van der Waals surface area contributed by atoms with Crippen molar-refractivity contribution < 1.29 is 19.1 Å². The van der Waals surface area contributed by atoms with E-state index < -0.39 is 11.9 Å². The molecule has 1 N–H and O–H groups in total. The Kier molecular flexibility index (Phi) is 6.93. The molecule has 0 spiro atoms. The third kappa shape index (κ3) is 4.94. The topological polar surface area (TPSA) is 75.7 Å². The number of fused-ring (bicyclic) bond motifs is 1. The molecule has 2 fully saturated rings. The predicted octanol–water partition coefficient (Wildman–Crippen LogP) is 3.62. The van der Waals surface area contributed by atoms with E-state index in [2.05, 4.69) is 18.3 Å². The average Bonchev–Trinajstić information content (AvgIpc) is 3.23. The SMILES string of the molecule is CC1CCCCC1NC(=O)COC(=O)C1CCCCC1C(=O)N1CCc2ccccc21. The number of benzene rings is 1. The Balaban J connectivity index is 1.34. The fourth-order valence-corrected chi connectivity index (χ4v) is 5.50. The fourth-order valence-electron chi connectivity index (χ4n) is 5.50. The van der Waals surface area contributed by atoms with Crippen LogP contribution in [0.4, 0.5) is 5.69 Å². The molecule has 6 nitrogen and oxygen atoms in total. The molecule has 31 heavy (non-hydrogen) atoms. The Morgan fingerprint density at radius 3 is 2.52 bits per heavy atom. The van der Waals surface area contributed by atoms with Crippen LogP contribution >= 0.6 is 0 Å². The van der Waals surface area contributed by atoms with Crippen molar-refractivity contribution >= 4 is 23.5 Å². The summed E-state index contributed by atoms with van der Waals surface area (Å²) in [5, 5.41) is 3.03. The lowest BCUT2D eigenvalue weighted by atomic mass is 9.78. The zero-order chi connectivity index (χ0) is 21.8. The minimum atomic E-state index is -0.463. The van der Waals surface area contributed by atoms with E-state index in [1.165, 1.54) is 12.0 Å². The molecule has 3 aliphatic rings. The number of ether oxygens (including phenoxy) is 1.